The van der Waals surface area contributed by atoms with Gasteiger partial charge in [0.25, 0.3) is 0 Å². The molecule has 0 amide bonds. The summed E-state index contributed by atoms with van der Waals surface area (Å²) in [5.74, 6) is -0.914. The van der Waals surface area contributed by atoms with Crippen LogP contribution in [0.5, 0.6) is 0 Å². The second kappa shape index (κ2) is 5.41. The smallest absolute Gasteiger partial charge is 0.331 e. The van der Waals surface area contributed by atoms with Gasteiger partial charge in [0.2, 0.25) is 0 Å². The van der Waals surface area contributed by atoms with Crippen LogP contribution in [0.15, 0.2) is 42.0 Å². The molecule has 0 fully saturated rings. The monoisotopic (exact) mass is 220 g/mol. The maximum atomic E-state index is 10.9. The average molecular weight is 220 g/mol. The number of benzene rings is 1. The molecule has 1 aromatic carbocycles. The van der Waals surface area contributed by atoms with Crippen LogP contribution < -0.4 is 0 Å². The van der Waals surface area contributed by atoms with E-state index in [0.717, 1.165) is 5.56 Å². The summed E-state index contributed by atoms with van der Waals surface area (Å²) < 4.78 is 0. The van der Waals surface area contributed by atoms with Crippen LogP contribution in [0, 0.1) is 0 Å². The molecule has 0 aliphatic rings. The highest BCUT2D eigenvalue weighted by Gasteiger charge is 2.07. The van der Waals surface area contributed by atoms with Crippen LogP contribution in [0.1, 0.15) is 12.5 Å². The predicted molar refractivity (Wildman–Crippen MR) is 64.1 cm³/mol. The lowest BCUT2D eigenvalue weighted by atomic mass is 10.0. The first-order valence-electron chi connectivity index (χ1n) is 4.58. The molecule has 0 bridgehead atoms. The van der Waals surface area contributed by atoms with Crippen molar-refractivity contribution < 1.29 is 9.90 Å². The van der Waals surface area contributed by atoms with Crippen LogP contribution in [-0.2, 0) is 11.2 Å². The molecule has 1 N–H and O–H groups in total. The number of hydrogen-bond donors (Lipinski definition) is 1. The van der Waals surface area contributed by atoms with E-state index in [1.807, 2.05) is 30.3 Å². The molecular weight excluding hydrogens is 208 g/mol. The van der Waals surface area contributed by atoms with Crippen molar-refractivity contribution in [2.45, 2.75) is 13.3 Å². The van der Waals surface area contributed by atoms with Crippen molar-refractivity contribution in [3.05, 3.63) is 47.5 Å². The zero-order valence-electron chi connectivity index (χ0n) is 8.43. The number of hydrogen-bond acceptors (Lipinski definition) is 2. The highest BCUT2D eigenvalue weighted by molar-refractivity contribution is 7.80. The van der Waals surface area contributed by atoms with Crippen LogP contribution >= 0.6 is 12.2 Å². The summed E-state index contributed by atoms with van der Waals surface area (Å²) in [6, 6.07) is 9.47. The minimum atomic E-state index is -0.914. The van der Waals surface area contributed by atoms with Crippen molar-refractivity contribution in [3.63, 3.8) is 0 Å². The quantitative estimate of drug-likeness (QED) is 0.626. The summed E-state index contributed by atoms with van der Waals surface area (Å²) in [4.78, 5) is 11.5. The first kappa shape index (κ1) is 11.6. The van der Waals surface area contributed by atoms with E-state index in [-0.39, 0.29) is 0 Å². The SMILES string of the molecule is CC(=S)C=C(Cc1ccccc1)C(=O)O. The molecule has 0 saturated heterocycles. The Bertz CT molecular complexity index is 393. The number of allylic oxidation sites excluding steroid dienone is 1. The Morgan fingerprint density at radius 1 is 1.40 bits per heavy atom. The summed E-state index contributed by atoms with van der Waals surface area (Å²) in [5, 5.41) is 8.96. The molecule has 0 atom stereocenters. The minimum Gasteiger partial charge on any atom is -0.478 e. The van der Waals surface area contributed by atoms with Gasteiger partial charge in [0.05, 0.1) is 0 Å². The lowest BCUT2D eigenvalue weighted by Gasteiger charge is -2.02. The highest BCUT2D eigenvalue weighted by atomic mass is 32.1. The molecule has 0 saturated carbocycles. The van der Waals surface area contributed by atoms with E-state index in [1.165, 1.54) is 6.08 Å². The fourth-order valence-electron chi connectivity index (χ4n) is 1.25. The van der Waals surface area contributed by atoms with Gasteiger partial charge in [0.15, 0.2) is 0 Å². The predicted octanol–water partition coefficient (Wildman–Crippen LogP) is 2.63. The van der Waals surface area contributed by atoms with E-state index < -0.39 is 5.97 Å². The normalized spacial score (nSPS) is 11.1. The molecule has 78 valence electrons. The van der Waals surface area contributed by atoms with E-state index in [2.05, 4.69) is 0 Å². The van der Waals surface area contributed by atoms with Crippen molar-refractivity contribution >= 4 is 23.1 Å². The molecule has 0 heterocycles. The molecule has 15 heavy (non-hydrogen) atoms. The third-order valence-electron chi connectivity index (χ3n) is 1.89. The Morgan fingerprint density at radius 2 is 2.00 bits per heavy atom. The summed E-state index contributed by atoms with van der Waals surface area (Å²) in [7, 11) is 0. The standard InChI is InChI=1S/C12H12O2S/c1-9(15)7-11(12(13)14)8-10-5-3-2-4-6-10/h2-7H,8H2,1H3,(H,13,14). The molecule has 2 nitrogen and oxygen atoms in total. The van der Waals surface area contributed by atoms with Gasteiger partial charge in [0, 0.05) is 16.9 Å². The van der Waals surface area contributed by atoms with Gasteiger partial charge in [-0.25, -0.2) is 4.79 Å². The molecular formula is C12H12O2S. The highest BCUT2D eigenvalue weighted by Crippen LogP contribution is 2.08. The maximum Gasteiger partial charge on any atom is 0.331 e. The van der Waals surface area contributed by atoms with Crippen LogP contribution in [-0.4, -0.2) is 15.9 Å². The van der Waals surface area contributed by atoms with Crippen molar-refractivity contribution in [1.29, 1.82) is 0 Å². The Morgan fingerprint density at radius 3 is 2.47 bits per heavy atom. The third kappa shape index (κ3) is 4.04. The Balaban J connectivity index is 2.86. The van der Waals surface area contributed by atoms with Gasteiger partial charge < -0.3 is 5.11 Å². The molecule has 1 aromatic rings. The number of thiocarbonyl (C=S) groups is 1. The molecule has 0 aliphatic carbocycles. The minimum absolute atomic E-state index is 0.328. The first-order chi connectivity index (χ1) is 7.09. The average Bonchev–Trinajstić information content (AvgIpc) is 2.17. The largest absolute Gasteiger partial charge is 0.478 e. The van der Waals surface area contributed by atoms with Crippen molar-refractivity contribution in [2.75, 3.05) is 0 Å². The second-order valence-corrected chi connectivity index (χ2v) is 3.89. The Labute approximate surface area is 94.2 Å². The molecule has 0 spiro atoms. The van der Waals surface area contributed by atoms with Crippen LogP contribution in [0.4, 0.5) is 0 Å². The van der Waals surface area contributed by atoms with E-state index in [9.17, 15) is 4.79 Å². The molecule has 0 aliphatic heterocycles. The zero-order chi connectivity index (χ0) is 11.3. The van der Waals surface area contributed by atoms with Gasteiger partial charge in [0.1, 0.15) is 0 Å². The Kier molecular flexibility index (Phi) is 4.18. The van der Waals surface area contributed by atoms with Crippen molar-refractivity contribution in [2.24, 2.45) is 0 Å². The van der Waals surface area contributed by atoms with Gasteiger partial charge in [-0.3, -0.25) is 0 Å². The number of aliphatic carboxylic acids is 1. The lowest BCUT2D eigenvalue weighted by molar-refractivity contribution is -0.132. The maximum absolute atomic E-state index is 10.9. The van der Waals surface area contributed by atoms with Gasteiger partial charge >= 0.3 is 5.97 Å². The van der Waals surface area contributed by atoms with E-state index in [4.69, 9.17) is 17.3 Å². The van der Waals surface area contributed by atoms with Crippen molar-refractivity contribution in [1.82, 2.24) is 0 Å². The summed E-state index contributed by atoms with van der Waals surface area (Å²) in [6.07, 6.45) is 1.94. The number of carbonyl (C=O) groups is 1. The summed E-state index contributed by atoms with van der Waals surface area (Å²) in [5.41, 5.74) is 1.30. The summed E-state index contributed by atoms with van der Waals surface area (Å²) >= 11 is 4.87. The number of carboxylic acid groups (broad SMARTS) is 1. The number of carboxylic acids is 1. The lowest BCUT2D eigenvalue weighted by Crippen LogP contribution is -2.05. The number of rotatable bonds is 4. The van der Waals surface area contributed by atoms with E-state index in [1.54, 1.807) is 6.92 Å². The molecule has 0 unspecified atom stereocenters. The summed E-state index contributed by atoms with van der Waals surface area (Å²) in [6.45, 7) is 1.71. The van der Waals surface area contributed by atoms with Crippen LogP contribution in [0.3, 0.4) is 0 Å². The van der Waals surface area contributed by atoms with Gasteiger partial charge in [-0.15, -0.1) is 0 Å². The fourth-order valence-corrected chi connectivity index (χ4v) is 1.39. The Hall–Kier alpha value is -1.48. The first-order valence-corrected chi connectivity index (χ1v) is 4.99. The fraction of sp³-hybridized carbons (Fsp3) is 0.167. The van der Waals surface area contributed by atoms with Crippen molar-refractivity contribution in [3.8, 4) is 0 Å². The zero-order valence-corrected chi connectivity index (χ0v) is 9.25. The van der Waals surface area contributed by atoms with Crippen LogP contribution in [0.2, 0.25) is 0 Å². The molecule has 3 heteroatoms. The van der Waals surface area contributed by atoms with E-state index in [0.29, 0.717) is 16.9 Å². The molecule has 1 rings (SSSR count). The molecule has 0 radical (unpaired) electrons. The molecule has 0 aromatic heterocycles. The van der Waals surface area contributed by atoms with Gasteiger partial charge in [-0.05, 0) is 18.6 Å². The van der Waals surface area contributed by atoms with Crippen LogP contribution in [0.25, 0.3) is 0 Å². The second-order valence-electron chi connectivity index (χ2n) is 3.25. The van der Waals surface area contributed by atoms with Gasteiger partial charge in [-0.1, -0.05) is 42.5 Å². The topological polar surface area (TPSA) is 37.3 Å². The van der Waals surface area contributed by atoms with E-state index >= 15 is 0 Å². The third-order valence-corrected chi connectivity index (χ3v) is 2.01. The van der Waals surface area contributed by atoms with Gasteiger partial charge in [-0.2, -0.15) is 0 Å².